The number of rotatable bonds is 10. The van der Waals surface area contributed by atoms with E-state index < -0.39 is 5.97 Å². The van der Waals surface area contributed by atoms with E-state index in [4.69, 9.17) is 26.2 Å². The molecule has 0 spiro atoms. The maximum atomic E-state index is 10.9. The van der Waals surface area contributed by atoms with E-state index in [0.717, 1.165) is 24.9 Å². The van der Waals surface area contributed by atoms with Gasteiger partial charge in [-0.15, -0.1) is 0 Å². The Morgan fingerprint density at radius 1 is 1.40 bits per heavy atom. The van der Waals surface area contributed by atoms with Gasteiger partial charge in [-0.05, 0) is 44.0 Å². The summed E-state index contributed by atoms with van der Waals surface area (Å²) in [6, 6.07) is 4.56. The Labute approximate surface area is 154 Å². The lowest BCUT2D eigenvalue weighted by Gasteiger charge is -2.42. The normalized spacial score (nSPS) is 19.6. The molecule has 1 fully saturated rings. The first-order valence-electron chi connectivity index (χ1n) is 8.66. The summed E-state index contributed by atoms with van der Waals surface area (Å²) in [5.41, 5.74) is 1.03. The van der Waals surface area contributed by atoms with E-state index in [1.807, 2.05) is 30.9 Å². The highest BCUT2D eigenvalue weighted by Crippen LogP contribution is 2.36. The first-order valence-corrected chi connectivity index (χ1v) is 9.04. The van der Waals surface area contributed by atoms with Crippen LogP contribution in [0, 0.1) is 0 Å². The molecule has 6 nitrogen and oxygen atoms in total. The Bertz CT molecular complexity index is 591. The van der Waals surface area contributed by atoms with Gasteiger partial charge in [-0.1, -0.05) is 18.5 Å². The van der Waals surface area contributed by atoms with Gasteiger partial charge >= 0.3 is 5.97 Å². The minimum Gasteiger partial charge on any atom is -0.493 e. The fourth-order valence-corrected chi connectivity index (χ4v) is 3.44. The molecule has 2 rings (SSSR count). The summed E-state index contributed by atoms with van der Waals surface area (Å²) in [5.74, 6) is 0.442. The molecular weight excluding hydrogens is 344 g/mol. The number of hydrogen-bond acceptors (Lipinski definition) is 5. The summed E-state index contributed by atoms with van der Waals surface area (Å²) < 4.78 is 10.9. The molecule has 0 bridgehead atoms. The van der Waals surface area contributed by atoms with Crippen LogP contribution in [0.1, 0.15) is 32.3 Å². The van der Waals surface area contributed by atoms with Gasteiger partial charge in [-0.2, -0.15) is 0 Å². The van der Waals surface area contributed by atoms with Crippen molar-refractivity contribution < 1.29 is 19.4 Å². The number of carbonyl (C=O) groups is 1. The smallest absolute Gasteiger partial charge is 0.317 e. The van der Waals surface area contributed by atoms with Crippen molar-refractivity contribution in [3.63, 3.8) is 0 Å². The van der Waals surface area contributed by atoms with Crippen molar-refractivity contribution in [2.45, 2.75) is 45.3 Å². The Morgan fingerprint density at radius 2 is 2.12 bits per heavy atom. The van der Waals surface area contributed by atoms with Gasteiger partial charge in [0.05, 0.1) is 25.3 Å². The largest absolute Gasteiger partial charge is 0.493 e. The van der Waals surface area contributed by atoms with Crippen LogP contribution in [0.4, 0.5) is 0 Å². The van der Waals surface area contributed by atoms with Gasteiger partial charge < -0.3 is 19.9 Å². The van der Waals surface area contributed by atoms with Crippen molar-refractivity contribution in [2.75, 3.05) is 26.8 Å². The van der Waals surface area contributed by atoms with Crippen molar-refractivity contribution in [3.05, 3.63) is 22.7 Å². The lowest BCUT2D eigenvalue weighted by atomic mass is 9.85. The van der Waals surface area contributed by atoms with Crippen LogP contribution in [-0.4, -0.2) is 54.9 Å². The molecular formula is C18H27ClN2O4. The quantitative estimate of drug-likeness (QED) is 0.660. The van der Waals surface area contributed by atoms with E-state index in [9.17, 15) is 4.79 Å². The van der Waals surface area contributed by atoms with Crippen molar-refractivity contribution in [2.24, 2.45) is 0 Å². The predicted molar refractivity (Wildman–Crippen MR) is 97.7 cm³/mol. The van der Waals surface area contributed by atoms with Crippen LogP contribution in [-0.2, 0) is 11.3 Å². The van der Waals surface area contributed by atoms with Crippen LogP contribution in [0.3, 0.4) is 0 Å². The molecule has 0 amide bonds. The SMILES string of the molecule is CCOc1c(Cl)cc(CNC2CC(N(CC)CC(=O)O)C2)cc1OC. The first kappa shape index (κ1) is 19.8. The molecule has 0 aliphatic heterocycles. The van der Waals surface area contributed by atoms with E-state index in [1.165, 1.54) is 0 Å². The Morgan fingerprint density at radius 3 is 2.68 bits per heavy atom. The minimum atomic E-state index is -0.769. The average molecular weight is 371 g/mol. The molecule has 0 aromatic heterocycles. The maximum Gasteiger partial charge on any atom is 0.317 e. The monoisotopic (exact) mass is 370 g/mol. The van der Waals surface area contributed by atoms with Gasteiger partial charge in [0.2, 0.25) is 0 Å². The van der Waals surface area contributed by atoms with Crippen LogP contribution in [0.15, 0.2) is 12.1 Å². The number of carboxylic acid groups (broad SMARTS) is 1. The van der Waals surface area contributed by atoms with Crippen LogP contribution < -0.4 is 14.8 Å². The van der Waals surface area contributed by atoms with Crippen molar-refractivity contribution >= 4 is 17.6 Å². The molecule has 0 saturated heterocycles. The number of carboxylic acids is 1. The predicted octanol–water partition coefficient (Wildman–Crippen LogP) is 2.77. The average Bonchev–Trinajstić information content (AvgIpc) is 2.53. The number of likely N-dealkylation sites (N-methyl/N-ethyl adjacent to an activating group) is 1. The summed E-state index contributed by atoms with van der Waals surface area (Å²) in [6.45, 7) is 5.99. The number of ether oxygens (including phenoxy) is 2. The summed E-state index contributed by atoms with van der Waals surface area (Å²) in [7, 11) is 1.60. The van der Waals surface area contributed by atoms with Crippen molar-refractivity contribution in [3.8, 4) is 11.5 Å². The summed E-state index contributed by atoms with van der Waals surface area (Å²) >= 11 is 6.29. The second-order valence-electron chi connectivity index (χ2n) is 6.20. The van der Waals surface area contributed by atoms with Gasteiger partial charge in [0.15, 0.2) is 11.5 Å². The van der Waals surface area contributed by atoms with Crippen molar-refractivity contribution in [1.82, 2.24) is 10.2 Å². The van der Waals surface area contributed by atoms with Gasteiger partial charge in [-0.25, -0.2) is 0 Å². The lowest BCUT2D eigenvalue weighted by molar-refractivity contribution is -0.139. The molecule has 140 valence electrons. The molecule has 0 unspecified atom stereocenters. The van der Waals surface area contributed by atoms with E-state index in [2.05, 4.69) is 5.32 Å². The molecule has 1 aromatic rings. The highest BCUT2D eigenvalue weighted by atomic mass is 35.5. The highest BCUT2D eigenvalue weighted by Gasteiger charge is 2.33. The van der Waals surface area contributed by atoms with E-state index >= 15 is 0 Å². The number of nitrogens with one attached hydrogen (secondary N) is 1. The third kappa shape index (κ3) is 5.23. The fourth-order valence-electron chi connectivity index (χ4n) is 3.15. The van der Waals surface area contributed by atoms with Crippen LogP contribution >= 0.6 is 11.6 Å². The molecule has 7 heteroatoms. The minimum absolute atomic E-state index is 0.111. The summed E-state index contributed by atoms with van der Waals surface area (Å²) in [4.78, 5) is 12.9. The highest BCUT2D eigenvalue weighted by molar-refractivity contribution is 6.32. The number of benzene rings is 1. The zero-order valence-electron chi connectivity index (χ0n) is 15.0. The maximum absolute atomic E-state index is 10.9. The summed E-state index contributed by atoms with van der Waals surface area (Å²) in [5, 5.41) is 13.0. The van der Waals surface area contributed by atoms with E-state index in [0.29, 0.717) is 41.8 Å². The molecule has 2 N–H and O–H groups in total. The van der Waals surface area contributed by atoms with E-state index in [1.54, 1.807) is 7.11 Å². The molecule has 0 radical (unpaired) electrons. The van der Waals surface area contributed by atoms with Gasteiger partial charge in [0, 0.05) is 18.6 Å². The third-order valence-electron chi connectivity index (χ3n) is 4.55. The second-order valence-corrected chi connectivity index (χ2v) is 6.61. The topological polar surface area (TPSA) is 71.0 Å². The lowest BCUT2D eigenvalue weighted by Crippen LogP contribution is -2.53. The van der Waals surface area contributed by atoms with Gasteiger partial charge in [-0.3, -0.25) is 9.69 Å². The molecule has 1 aliphatic carbocycles. The zero-order chi connectivity index (χ0) is 18.4. The first-order chi connectivity index (χ1) is 12.0. The van der Waals surface area contributed by atoms with Crippen LogP contribution in [0.25, 0.3) is 0 Å². The number of nitrogens with zero attached hydrogens (tertiary/aromatic N) is 1. The number of methoxy groups -OCH3 is 1. The summed E-state index contributed by atoms with van der Waals surface area (Å²) in [6.07, 6.45) is 1.92. The Kier molecular flexibility index (Phi) is 7.35. The fraction of sp³-hybridized carbons (Fsp3) is 0.611. The number of hydrogen-bond donors (Lipinski definition) is 2. The number of aliphatic carboxylic acids is 1. The zero-order valence-corrected chi connectivity index (χ0v) is 15.8. The molecule has 1 aromatic carbocycles. The van der Waals surface area contributed by atoms with Crippen LogP contribution in [0.2, 0.25) is 5.02 Å². The Balaban J connectivity index is 1.87. The van der Waals surface area contributed by atoms with Gasteiger partial charge in [0.25, 0.3) is 0 Å². The number of halogens is 1. The second kappa shape index (κ2) is 9.27. The molecule has 0 atom stereocenters. The third-order valence-corrected chi connectivity index (χ3v) is 4.83. The van der Waals surface area contributed by atoms with Crippen LogP contribution in [0.5, 0.6) is 11.5 Å². The molecule has 0 heterocycles. The Hall–Kier alpha value is -1.50. The molecule has 1 aliphatic rings. The van der Waals surface area contributed by atoms with Gasteiger partial charge in [0.1, 0.15) is 0 Å². The molecule has 25 heavy (non-hydrogen) atoms. The molecule has 1 saturated carbocycles. The van der Waals surface area contributed by atoms with E-state index in [-0.39, 0.29) is 6.54 Å². The standard InChI is InChI=1S/C18H27ClN2O4/c1-4-21(11-17(22)23)14-8-13(9-14)20-10-12-6-15(19)18(25-5-2)16(7-12)24-3/h6-7,13-14,20H,4-5,8-11H2,1-3H3,(H,22,23). The van der Waals surface area contributed by atoms with Crippen molar-refractivity contribution in [1.29, 1.82) is 0 Å².